The Morgan fingerprint density at radius 2 is 2.00 bits per heavy atom. The van der Waals surface area contributed by atoms with E-state index in [1.165, 1.54) is 45.1 Å². The molecule has 2 aliphatic heterocycles. The molecule has 0 radical (unpaired) electrons. The van der Waals surface area contributed by atoms with Gasteiger partial charge in [-0.05, 0) is 58.9 Å². The van der Waals surface area contributed by atoms with E-state index in [1.807, 2.05) is 0 Å². The number of rotatable bonds is 3. The Morgan fingerprint density at radius 3 is 2.63 bits per heavy atom. The average molecular weight is 267 g/mol. The third kappa shape index (κ3) is 2.98. The zero-order valence-electron chi connectivity index (χ0n) is 12.5. The number of aliphatic hydroxyl groups is 1. The highest BCUT2D eigenvalue weighted by atomic mass is 16.5. The summed E-state index contributed by atoms with van der Waals surface area (Å²) in [6.07, 6.45) is 8.76. The van der Waals surface area contributed by atoms with Gasteiger partial charge in [-0.15, -0.1) is 0 Å². The molecule has 3 rings (SSSR count). The van der Waals surface area contributed by atoms with Crippen LogP contribution in [-0.4, -0.2) is 46.9 Å². The van der Waals surface area contributed by atoms with E-state index in [4.69, 9.17) is 4.74 Å². The summed E-state index contributed by atoms with van der Waals surface area (Å²) in [5.41, 5.74) is 0.0762. The van der Waals surface area contributed by atoms with Crippen LogP contribution in [0.3, 0.4) is 0 Å². The summed E-state index contributed by atoms with van der Waals surface area (Å²) in [6, 6.07) is 0.616. The van der Waals surface area contributed by atoms with Crippen molar-refractivity contribution in [3.63, 3.8) is 0 Å². The minimum atomic E-state index is -0.0495. The molecule has 0 aromatic heterocycles. The molecule has 0 bridgehead atoms. The predicted molar refractivity (Wildman–Crippen MR) is 76.1 cm³/mol. The highest BCUT2D eigenvalue weighted by Gasteiger charge is 2.40. The standard InChI is InChI=1S/C16H29NO2/c1-16(2)9-8-12(19-16)11-17-10-4-6-14(17)13-5-3-7-15(13)18/h12-15,18H,3-11H2,1-2H3. The van der Waals surface area contributed by atoms with Crippen molar-refractivity contribution >= 4 is 0 Å². The summed E-state index contributed by atoms with van der Waals surface area (Å²) < 4.78 is 6.14. The van der Waals surface area contributed by atoms with Crippen molar-refractivity contribution in [1.82, 2.24) is 4.90 Å². The summed E-state index contributed by atoms with van der Waals surface area (Å²) in [4.78, 5) is 2.62. The Morgan fingerprint density at radius 1 is 1.16 bits per heavy atom. The van der Waals surface area contributed by atoms with Gasteiger partial charge in [0.1, 0.15) is 0 Å². The van der Waals surface area contributed by atoms with E-state index in [9.17, 15) is 5.11 Å². The highest BCUT2D eigenvalue weighted by Crippen LogP contribution is 2.37. The first-order valence-corrected chi connectivity index (χ1v) is 8.15. The Balaban J connectivity index is 1.58. The van der Waals surface area contributed by atoms with Gasteiger partial charge in [0.25, 0.3) is 0 Å². The molecule has 1 N–H and O–H groups in total. The lowest BCUT2D eigenvalue weighted by atomic mass is 9.94. The Bertz CT molecular complexity index is 318. The largest absolute Gasteiger partial charge is 0.393 e. The van der Waals surface area contributed by atoms with Gasteiger partial charge in [-0.3, -0.25) is 4.90 Å². The van der Waals surface area contributed by atoms with Crippen LogP contribution in [0.4, 0.5) is 0 Å². The van der Waals surface area contributed by atoms with Crippen LogP contribution in [0.15, 0.2) is 0 Å². The molecule has 110 valence electrons. The molecule has 3 heteroatoms. The van der Waals surface area contributed by atoms with E-state index in [0.29, 0.717) is 18.1 Å². The first-order chi connectivity index (χ1) is 9.05. The van der Waals surface area contributed by atoms with E-state index < -0.39 is 0 Å². The van der Waals surface area contributed by atoms with E-state index in [2.05, 4.69) is 18.7 Å². The smallest absolute Gasteiger partial charge is 0.0710 e. The fourth-order valence-electron chi connectivity index (χ4n) is 4.45. The van der Waals surface area contributed by atoms with Gasteiger partial charge in [0.05, 0.1) is 17.8 Å². The number of ether oxygens (including phenoxy) is 1. The maximum atomic E-state index is 10.2. The van der Waals surface area contributed by atoms with Crippen molar-refractivity contribution in [2.75, 3.05) is 13.1 Å². The third-order valence-electron chi connectivity index (χ3n) is 5.43. The second-order valence-electron chi connectivity index (χ2n) is 7.40. The Labute approximate surface area is 117 Å². The number of aliphatic hydroxyl groups excluding tert-OH is 1. The molecular weight excluding hydrogens is 238 g/mol. The summed E-state index contributed by atoms with van der Waals surface area (Å²) in [5, 5.41) is 10.2. The molecule has 4 unspecified atom stereocenters. The monoisotopic (exact) mass is 267 g/mol. The van der Waals surface area contributed by atoms with E-state index in [-0.39, 0.29) is 11.7 Å². The van der Waals surface area contributed by atoms with Crippen LogP contribution in [0, 0.1) is 5.92 Å². The molecule has 0 aromatic rings. The predicted octanol–water partition coefficient (Wildman–Crippen LogP) is 2.57. The fraction of sp³-hybridized carbons (Fsp3) is 1.00. The Kier molecular flexibility index (Phi) is 3.89. The number of hydrogen-bond acceptors (Lipinski definition) is 3. The van der Waals surface area contributed by atoms with Crippen LogP contribution >= 0.6 is 0 Å². The van der Waals surface area contributed by atoms with Crippen LogP contribution in [0.25, 0.3) is 0 Å². The fourth-order valence-corrected chi connectivity index (χ4v) is 4.45. The maximum Gasteiger partial charge on any atom is 0.0710 e. The zero-order valence-corrected chi connectivity index (χ0v) is 12.5. The number of likely N-dealkylation sites (tertiary alicyclic amines) is 1. The lowest BCUT2D eigenvalue weighted by molar-refractivity contribution is -0.0359. The number of nitrogens with zero attached hydrogens (tertiary/aromatic N) is 1. The van der Waals surface area contributed by atoms with Gasteiger partial charge in [0, 0.05) is 18.5 Å². The van der Waals surface area contributed by atoms with Crippen LogP contribution in [0.5, 0.6) is 0 Å². The van der Waals surface area contributed by atoms with Gasteiger partial charge in [-0.2, -0.15) is 0 Å². The summed E-state index contributed by atoms with van der Waals surface area (Å²) in [5.74, 6) is 0.525. The first kappa shape index (κ1) is 13.8. The van der Waals surface area contributed by atoms with Crippen LogP contribution < -0.4 is 0 Å². The van der Waals surface area contributed by atoms with Crippen molar-refractivity contribution < 1.29 is 9.84 Å². The minimum Gasteiger partial charge on any atom is -0.393 e. The molecule has 0 amide bonds. The molecule has 1 aliphatic carbocycles. The van der Waals surface area contributed by atoms with Crippen molar-refractivity contribution in [3.05, 3.63) is 0 Å². The van der Waals surface area contributed by atoms with Gasteiger partial charge < -0.3 is 9.84 Å². The van der Waals surface area contributed by atoms with Gasteiger partial charge in [0.2, 0.25) is 0 Å². The lowest BCUT2D eigenvalue weighted by Crippen LogP contribution is -2.42. The molecule has 3 aliphatic rings. The second-order valence-corrected chi connectivity index (χ2v) is 7.40. The van der Waals surface area contributed by atoms with Crippen molar-refractivity contribution in [3.8, 4) is 0 Å². The molecule has 3 nitrogen and oxygen atoms in total. The molecule has 1 saturated carbocycles. The van der Waals surface area contributed by atoms with Crippen molar-refractivity contribution in [2.24, 2.45) is 5.92 Å². The van der Waals surface area contributed by atoms with Gasteiger partial charge in [-0.1, -0.05) is 6.42 Å². The molecule has 19 heavy (non-hydrogen) atoms. The topological polar surface area (TPSA) is 32.7 Å². The van der Waals surface area contributed by atoms with Crippen molar-refractivity contribution in [2.45, 2.75) is 82.6 Å². The summed E-state index contributed by atoms with van der Waals surface area (Å²) >= 11 is 0. The quantitative estimate of drug-likeness (QED) is 0.853. The van der Waals surface area contributed by atoms with Crippen LogP contribution in [0.2, 0.25) is 0 Å². The van der Waals surface area contributed by atoms with Crippen molar-refractivity contribution in [1.29, 1.82) is 0 Å². The first-order valence-electron chi connectivity index (χ1n) is 8.15. The molecular formula is C16H29NO2. The van der Waals surface area contributed by atoms with Crippen LogP contribution in [-0.2, 0) is 4.74 Å². The zero-order chi connectivity index (χ0) is 13.5. The van der Waals surface area contributed by atoms with Gasteiger partial charge >= 0.3 is 0 Å². The molecule has 2 heterocycles. The maximum absolute atomic E-state index is 10.2. The second kappa shape index (κ2) is 5.34. The molecule has 4 atom stereocenters. The molecule has 0 spiro atoms. The van der Waals surface area contributed by atoms with E-state index in [0.717, 1.165) is 13.0 Å². The summed E-state index contributed by atoms with van der Waals surface area (Å²) in [6.45, 7) is 6.69. The average Bonchev–Trinajstić information content (AvgIpc) is 3.01. The Hall–Kier alpha value is -0.120. The highest BCUT2D eigenvalue weighted by molar-refractivity contribution is 4.93. The normalized spacial score (nSPS) is 43.1. The van der Waals surface area contributed by atoms with Crippen LogP contribution in [0.1, 0.15) is 58.8 Å². The summed E-state index contributed by atoms with van der Waals surface area (Å²) in [7, 11) is 0. The molecule has 0 aromatic carbocycles. The molecule has 2 saturated heterocycles. The lowest BCUT2D eigenvalue weighted by Gasteiger charge is -2.33. The minimum absolute atomic E-state index is 0.0495. The third-order valence-corrected chi connectivity index (χ3v) is 5.43. The number of hydrogen-bond donors (Lipinski definition) is 1. The van der Waals surface area contributed by atoms with Gasteiger partial charge in [-0.25, -0.2) is 0 Å². The van der Waals surface area contributed by atoms with Gasteiger partial charge in [0.15, 0.2) is 0 Å². The van der Waals surface area contributed by atoms with E-state index in [1.54, 1.807) is 0 Å². The molecule has 3 fully saturated rings. The van der Waals surface area contributed by atoms with E-state index >= 15 is 0 Å². The SMILES string of the molecule is CC1(C)CCC(CN2CCCC2C2CCCC2O)O1.